The van der Waals surface area contributed by atoms with Gasteiger partial charge in [-0.2, -0.15) is 0 Å². The van der Waals surface area contributed by atoms with Crippen molar-refractivity contribution in [1.82, 2.24) is 0 Å². The average Bonchev–Trinajstić information content (AvgIpc) is 2.18. The maximum absolute atomic E-state index is 11.0. The molecule has 5 nitrogen and oxygen atoms in total. The highest BCUT2D eigenvalue weighted by Gasteiger charge is 2.41. The molecule has 0 radical (unpaired) electrons. The van der Waals surface area contributed by atoms with Crippen molar-refractivity contribution in [3.8, 4) is 0 Å². The molecule has 0 aliphatic heterocycles. The van der Waals surface area contributed by atoms with E-state index in [-0.39, 0.29) is 10.8 Å². The van der Waals surface area contributed by atoms with E-state index in [1.54, 1.807) is 6.92 Å². The van der Waals surface area contributed by atoms with Gasteiger partial charge in [-0.05, 0) is 19.3 Å². The molecular weight excluding hydrogens is 198 g/mol. The molecule has 1 N–H and O–H groups in total. The topological polar surface area (TPSA) is 80.4 Å². The minimum atomic E-state index is -0.892. The third kappa shape index (κ3) is 2.67. The zero-order chi connectivity index (χ0) is 11.4. The van der Waals surface area contributed by atoms with Crippen LogP contribution >= 0.6 is 0 Å². The van der Waals surface area contributed by atoms with E-state index >= 15 is 0 Å². The molecular formula is C10H17NO4. The number of nitrogens with zero attached hydrogens (tertiary/aromatic N) is 1. The molecule has 0 bridgehead atoms. The molecule has 3 atom stereocenters. The molecule has 0 aromatic carbocycles. The fourth-order valence-corrected chi connectivity index (χ4v) is 2.53. The third-order valence-corrected chi connectivity index (χ3v) is 3.33. The van der Waals surface area contributed by atoms with Gasteiger partial charge < -0.3 is 5.11 Å². The van der Waals surface area contributed by atoms with Crippen molar-refractivity contribution in [3.63, 3.8) is 0 Å². The van der Waals surface area contributed by atoms with Crippen LogP contribution in [0.2, 0.25) is 0 Å². The average molecular weight is 215 g/mol. The summed E-state index contributed by atoms with van der Waals surface area (Å²) in [5.41, 5.74) is 0. The molecule has 0 aromatic rings. The predicted molar refractivity (Wildman–Crippen MR) is 54.2 cm³/mol. The second-order valence-electron chi connectivity index (χ2n) is 4.15. The number of hydrogen-bond donors (Lipinski definition) is 1. The van der Waals surface area contributed by atoms with E-state index < -0.39 is 17.9 Å². The molecule has 1 aliphatic carbocycles. The Kier molecular flexibility index (Phi) is 4.05. The van der Waals surface area contributed by atoms with Crippen LogP contribution in [-0.4, -0.2) is 22.0 Å². The maximum Gasteiger partial charge on any atom is 0.307 e. The van der Waals surface area contributed by atoms with Crippen LogP contribution in [0.4, 0.5) is 0 Å². The van der Waals surface area contributed by atoms with Gasteiger partial charge in [0.1, 0.15) is 0 Å². The molecule has 0 amide bonds. The molecule has 15 heavy (non-hydrogen) atoms. The normalized spacial score (nSPS) is 28.3. The second-order valence-corrected chi connectivity index (χ2v) is 4.15. The molecule has 1 rings (SSSR count). The van der Waals surface area contributed by atoms with Crippen molar-refractivity contribution in [1.29, 1.82) is 0 Å². The van der Waals surface area contributed by atoms with Crippen molar-refractivity contribution >= 4 is 5.97 Å². The maximum atomic E-state index is 11.0. The van der Waals surface area contributed by atoms with Crippen molar-refractivity contribution in [2.24, 2.45) is 11.8 Å². The van der Waals surface area contributed by atoms with Gasteiger partial charge in [-0.15, -0.1) is 0 Å². The van der Waals surface area contributed by atoms with Crippen LogP contribution in [-0.2, 0) is 4.79 Å². The van der Waals surface area contributed by atoms with Crippen molar-refractivity contribution in [3.05, 3.63) is 10.1 Å². The van der Waals surface area contributed by atoms with Crippen LogP contribution in [0.25, 0.3) is 0 Å². The fraction of sp³-hybridized carbons (Fsp3) is 0.900. The highest BCUT2D eigenvalue weighted by Crippen LogP contribution is 2.33. The van der Waals surface area contributed by atoms with Gasteiger partial charge in [-0.25, -0.2) is 0 Å². The van der Waals surface area contributed by atoms with Crippen LogP contribution < -0.4 is 0 Å². The predicted octanol–water partition coefficient (Wildman–Crippen LogP) is 1.93. The summed E-state index contributed by atoms with van der Waals surface area (Å²) in [6, 6.07) is -0.653. The summed E-state index contributed by atoms with van der Waals surface area (Å²) in [6.07, 6.45) is 3.44. The Morgan fingerprint density at radius 3 is 2.60 bits per heavy atom. The molecule has 5 heteroatoms. The lowest BCUT2D eigenvalue weighted by molar-refractivity contribution is -0.537. The molecule has 1 saturated carbocycles. The van der Waals surface area contributed by atoms with Crippen LogP contribution in [0.3, 0.4) is 0 Å². The van der Waals surface area contributed by atoms with Gasteiger partial charge >= 0.3 is 5.97 Å². The van der Waals surface area contributed by atoms with Gasteiger partial charge in [0.15, 0.2) is 0 Å². The Morgan fingerprint density at radius 2 is 2.13 bits per heavy atom. The Bertz CT molecular complexity index is 238. The fourth-order valence-electron chi connectivity index (χ4n) is 2.53. The highest BCUT2D eigenvalue weighted by molar-refractivity contribution is 5.70. The van der Waals surface area contributed by atoms with E-state index in [2.05, 4.69) is 0 Å². The minimum Gasteiger partial charge on any atom is -0.481 e. The van der Waals surface area contributed by atoms with E-state index in [1.807, 2.05) is 0 Å². The van der Waals surface area contributed by atoms with Gasteiger partial charge in [-0.1, -0.05) is 13.3 Å². The summed E-state index contributed by atoms with van der Waals surface area (Å²) in [6.45, 7) is 1.78. The van der Waals surface area contributed by atoms with Crippen molar-refractivity contribution in [2.45, 2.75) is 45.1 Å². The SMILES string of the molecule is CCC(C(=O)O)[C@@H]1CCCC[C@@H]1[N+](=O)[O-]. The quantitative estimate of drug-likeness (QED) is 0.574. The summed E-state index contributed by atoms with van der Waals surface area (Å²) in [5.74, 6) is -1.73. The van der Waals surface area contributed by atoms with Gasteiger partial charge in [0.05, 0.1) is 5.92 Å². The summed E-state index contributed by atoms with van der Waals surface area (Å²) >= 11 is 0. The monoisotopic (exact) mass is 215 g/mol. The lowest BCUT2D eigenvalue weighted by Crippen LogP contribution is -2.39. The Hall–Kier alpha value is -1.13. The minimum absolute atomic E-state index is 0.281. The summed E-state index contributed by atoms with van der Waals surface area (Å²) in [5, 5.41) is 19.8. The lowest BCUT2D eigenvalue weighted by atomic mass is 9.75. The van der Waals surface area contributed by atoms with Crippen LogP contribution in [0.5, 0.6) is 0 Å². The van der Waals surface area contributed by atoms with Crippen molar-refractivity contribution < 1.29 is 14.8 Å². The van der Waals surface area contributed by atoms with Gasteiger partial charge in [-0.3, -0.25) is 14.9 Å². The zero-order valence-corrected chi connectivity index (χ0v) is 8.89. The molecule has 1 unspecified atom stereocenters. The highest BCUT2D eigenvalue weighted by atomic mass is 16.6. The lowest BCUT2D eigenvalue weighted by Gasteiger charge is -2.29. The van der Waals surface area contributed by atoms with Gasteiger partial charge in [0.25, 0.3) is 0 Å². The van der Waals surface area contributed by atoms with Crippen LogP contribution in [0.1, 0.15) is 39.0 Å². The molecule has 0 aromatic heterocycles. The first-order valence-electron chi connectivity index (χ1n) is 5.44. The number of carbonyl (C=O) groups is 1. The standard InChI is InChI=1S/C10H17NO4/c1-2-7(10(12)13)8-5-3-4-6-9(8)11(14)15/h7-9H,2-6H2,1H3,(H,12,13)/t7?,8-,9-/m0/s1. The molecule has 0 saturated heterocycles. The number of nitro groups is 1. The van der Waals surface area contributed by atoms with Crippen molar-refractivity contribution in [2.75, 3.05) is 0 Å². The Labute approximate surface area is 88.6 Å². The summed E-state index contributed by atoms with van der Waals surface area (Å²) in [7, 11) is 0. The second kappa shape index (κ2) is 5.09. The Morgan fingerprint density at radius 1 is 1.53 bits per heavy atom. The molecule has 0 spiro atoms. The number of carboxylic acid groups (broad SMARTS) is 1. The number of carboxylic acids is 1. The van der Waals surface area contributed by atoms with Crippen LogP contribution in [0, 0.1) is 22.0 Å². The van der Waals surface area contributed by atoms with Gasteiger partial charge in [0.2, 0.25) is 6.04 Å². The zero-order valence-electron chi connectivity index (χ0n) is 8.89. The van der Waals surface area contributed by atoms with Gasteiger partial charge in [0, 0.05) is 17.3 Å². The first kappa shape index (κ1) is 11.9. The molecule has 0 heterocycles. The molecule has 1 aliphatic rings. The smallest absolute Gasteiger partial charge is 0.307 e. The number of hydrogen-bond acceptors (Lipinski definition) is 3. The largest absolute Gasteiger partial charge is 0.481 e. The molecule has 1 fully saturated rings. The number of rotatable bonds is 4. The van der Waals surface area contributed by atoms with E-state index in [9.17, 15) is 14.9 Å². The molecule has 86 valence electrons. The van der Waals surface area contributed by atoms with E-state index in [1.165, 1.54) is 0 Å². The summed E-state index contributed by atoms with van der Waals surface area (Å²) in [4.78, 5) is 21.5. The van der Waals surface area contributed by atoms with E-state index in [0.29, 0.717) is 19.3 Å². The first-order valence-corrected chi connectivity index (χ1v) is 5.44. The number of aliphatic carboxylic acids is 1. The summed E-state index contributed by atoms with van der Waals surface area (Å²) < 4.78 is 0. The third-order valence-electron chi connectivity index (χ3n) is 3.33. The van der Waals surface area contributed by atoms with Crippen LogP contribution in [0.15, 0.2) is 0 Å². The van der Waals surface area contributed by atoms with E-state index in [4.69, 9.17) is 5.11 Å². The Balaban J connectivity index is 2.78. The first-order chi connectivity index (χ1) is 7.07. The van der Waals surface area contributed by atoms with E-state index in [0.717, 1.165) is 12.8 Å².